The Morgan fingerprint density at radius 1 is 1.33 bits per heavy atom. The van der Waals surface area contributed by atoms with Gasteiger partial charge in [-0.2, -0.15) is 0 Å². The number of hydrogen-bond donors (Lipinski definition) is 1. The van der Waals surface area contributed by atoms with E-state index in [-0.39, 0.29) is 18.1 Å². The van der Waals surface area contributed by atoms with Crippen molar-refractivity contribution in [2.24, 2.45) is 5.92 Å². The molecule has 0 saturated heterocycles. The third-order valence-corrected chi connectivity index (χ3v) is 2.76. The highest BCUT2D eigenvalue weighted by Gasteiger charge is 2.24. The van der Waals surface area contributed by atoms with E-state index in [1.165, 1.54) is 0 Å². The third-order valence-electron chi connectivity index (χ3n) is 2.76. The average Bonchev–Trinajstić information content (AvgIpc) is 2.27. The second-order valence-electron chi connectivity index (χ2n) is 4.23. The van der Waals surface area contributed by atoms with Crippen LogP contribution in [0.15, 0.2) is 18.2 Å². The molecule has 0 aromatic heterocycles. The van der Waals surface area contributed by atoms with Crippen LogP contribution in [0.25, 0.3) is 0 Å². The van der Waals surface area contributed by atoms with Crippen molar-refractivity contribution in [3.8, 4) is 0 Å². The summed E-state index contributed by atoms with van der Waals surface area (Å²) in [5.74, 6) is -2.64. The minimum absolute atomic E-state index is 0.129. The molecule has 3 nitrogen and oxygen atoms in total. The molecule has 100 valence electrons. The Kier molecular flexibility index (Phi) is 5.22. The molecule has 1 aromatic rings. The van der Waals surface area contributed by atoms with Crippen LogP contribution in [-0.2, 0) is 16.1 Å². The number of halogens is 2. The average molecular weight is 258 g/mol. The van der Waals surface area contributed by atoms with E-state index in [4.69, 9.17) is 9.84 Å². The smallest absolute Gasteiger partial charge is 0.333 e. The lowest BCUT2D eigenvalue weighted by Gasteiger charge is -2.19. The van der Waals surface area contributed by atoms with Crippen LogP contribution in [-0.4, -0.2) is 17.2 Å². The van der Waals surface area contributed by atoms with Crippen LogP contribution < -0.4 is 0 Å². The van der Waals surface area contributed by atoms with E-state index in [1.54, 1.807) is 6.92 Å². The Hall–Kier alpha value is -1.49. The number of rotatable bonds is 6. The number of carboxylic acids is 1. The first-order valence-corrected chi connectivity index (χ1v) is 5.73. The number of carboxylic acid groups (broad SMARTS) is 1. The van der Waals surface area contributed by atoms with Crippen molar-refractivity contribution >= 4 is 5.97 Å². The molecule has 2 atom stereocenters. The predicted octanol–water partition coefficient (Wildman–Crippen LogP) is 2.98. The van der Waals surface area contributed by atoms with Crippen LogP contribution in [0.5, 0.6) is 0 Å². The Morgan fingerprint density at radius 2 is 1.89 bits per heavy atom. The van der Waals surface area contributed by atoms with Gasteiger partial charge in [-0.05, 0) is 23.6 Å². The zero-order valence-corrected chi connectivity index (χ0v) is 10.3. The second kappa shape index (κ2) is 6.44. The molecular weight excluding hydrogens is 242 g/mol. The van der Waals surface area contributed by atoms with Crippen molar-refractivity contribution in [2.45, 2.75) is 33.0 Å². The van der Waals surface area contributed by atoms with Gasteiger partial charge in [0.1, 0.15) is 11.6 Å². The van der Waals surface area contributed by atoms with E-state index in [1.807, 2.05) is 6.92 Å². The molecule has 18 heavy (non-hydrogen) atoms. The first kappa shape index (κ1) is 14.6. The van der Waals surface area contributed by atoms with Crippen LogP contribution in [0.2, 0.25) is 0 Å². The highest BCUT2D eigenvalue weighted by molar-refractivity contribution is 5.72. The fourth-order valence-corrected chi connectivity index (χ4v) is 1.57. The van der Waals surface area contributed by atoms with Crippen LogP contribution in [0.4, 0.5) is 8.78 Å². The summed E-state index contributed by atoms with van der Waals surface area (Å²) in [7, 11) is 0. The Morgan fingerprint density at radius 3 is 2.33 bits per heavy atom. The summed E-state index contributed by atoms with van der Waals surface area (Å²) in [5.41, 5.74) is 0.280. The molecule has 1 aromatic carbocycles. The fourth-order valence-electron chi connectivity index (χ4n) is 1.57. The molecule has 5 heteroatoms. The standard InChI is InChI=1S/C13H16F2O3/c1-3-8(2)12(13(16)17)18-7-9-4-10(14)6-11(15)5-9/h4-6,8,12H,3,7H2,1-2H3,(H,16,17). The quantitative estimate of drug-likeness (QED) is 0.853. The predicted molar refractivity (Wildman–Crippen MR) is 62.0 cm³/mol. The zero-order valence-electron chi connectivity index (χ0n) is 10.3. The number of ether oxygens (including phenoxy) is 1. The van der Waals surface area contributed by atoms with Crippen molar-refractivity contribution in [3.05, 3.63) is 35.4 Å². The number of benzene rings is 1. The maximum atomic E-state index is 12.9. The van der Waals surface area contributed by atoms with Crippen LogP contribution in [0, 0.1) is 17.6 Å². The summed E-state index contributed by atoms with van der Waals surface area (Å²) >= 11 is 0. The van der Waals surface area contributed by atoms with Gasteiger partial charge in [-0.1, -0.05) is 20.3 Å². The van der Waals surface area contributed by atoms with Gasteiger partial charge in [-0.15, -0.1) is 0 Å². The summed E-state index contributed by atoms with van der Waals surface area (Å²) in [4.78, 5) is 11.0. The molecule has 0 aliphatic carbocycles. The molecule has 1 rings (SSSR count). The van der Waals surface area contributed by atoms with Crippen molar-refractivity contribution in [1.29, 1.82) is 0 Å². The van der Waals surface area contributed by atoms with Gasteiger partial charge in [-0.3, -0.25) is 0 Å². The second-order valence-corrected chi connectivity index (χ2v) is 4.23. The van der Waals surface area contributed by atoms with E-state index in [2.05, 4.69) is 0 Å². The van der Waals surface area contributed by atoms with Crippen LogP contribution in [0.3, 0.4) is 0 Å². The van der Waals surface area contributed by atoms with E-state index >= 15 is 0 Å². The monoisotopic (exact) mass is 258 g/mol. The summed E-state index contributed by atoms with van der Waals surface area (Å²) in [6.07, 6.45) is -0.324. The maximum absolute atomic E-state index is 12.9. The first-order valence-electron chi connectivity index (χ1n) is 5.73. The van der Waals surface area contributed by atoms with Crippen molar-refractivity contribution < 1.29 is 23.4 Å². The Balaban J connectivity index is 2.69. The minimum Gasteiger partial charge on any atom is -0.479 e. The Labute approximate surface area is 104 Å². The van der Waals surface area contributed by atoms with Gasteiger partial charge in [0.15, 0.2) is 6.10 Å². The molecule has 0 aliphatic heterocycles. The molecule has 0 aliphatic rings. The van der Waals surface area contributed by atoms with Crippen molar-refractivity contribution in [2.75, 3.05) is 0 Å². The summed E-state index contributed by atoms with van der Waals surface area (Å²) in [6.45, 7) is 3.48. The third kappa shape index (κ3) is 4.07. The maximum Gasteiger partial charge on any atom is 0.333 e. The number of aliphatic carboxylic acids is 1. The van der Waals surface area contributed by atoms with Gasteiger partial charge in [0.05, 0.1) is 6.61 Å². The first-order chi connectivity index (χ1) is 8.43. The van der Waals surface area contributed by atoms with E-state index in [9.17, 15) is 13.6 Å². The topological polar surface area (TPSA) is 46.5 Å². The van der Waals surface area contributed by atoms with Gasteiger partial charge >= 0.3 is 5.97 Å². The van der Waals surface area contributed by atoms with Gasteiger partial charge < -0.3 is 9.84 Å². The van der Waals surface area contributed by atoms with E-state index < -0.39 is 23.7 Å². The number of carbonyl (C=O) groups is 1. The summed E-state index contributed by atoms with van der Waals surface area (Å²) in [6, 6.07) is 3.00. The molecule has 0 radical (unpaired) electrons. The molecular formula is C13H16F2O3. The SMILES string of the molecule is CCC(C)C(OCc1cc(F)cc(F)c1)C(=O)O. The van der Waals surface area contributed by atoms with Crippen LogP contribution in [0.1, 0.15) is 25.8 Å². The lowest BCUT2D eigenvalue weighted by atomic mass is 10.0. The van der Waals surface area contributed by atoms with Crippen molar-refractivity contribution in [1.82, 2.24) is 0 Å². The van der Waals surface area contributed by atoms with Crippen molar-refractivity contribution in [3.63, 3.8) is 0 Å². The molecule has 0 fully saturated rings. The number of hydrogen-bond acceptors (Lipinski definition) is 2. The normalized spacial score (nSPS) is 14.2. The summed E-state index contributed by atoms with van der Waals surface area (Å²) in [5, 5.41) is 8.99. The molecule has 0 saturated carbocycles. The molecule has 0 spiro atoms. The highest BCUT2D eigenvalue weighted by Crippen LogP contribution is 2.15. The minimum atomic E-state index is -1.07. The molecule has 0 bridgehead atoms. The van der Waals surface area contributed by atoms with Gasteiger partial charge in [-0.25, -0.2) is 13.6 Å². The molecule has 2 unspecified atom stereocenters. The lowest BCUT2D eigenvalue weighted by Crippen LogP contribution is -2.30. The van der Waals surface area contributed by atoms with E-state index in [0.717, 1.165) is 18.2 Å². The highest BCUT2D eigenvalue weighted by atomic mass is 19.1. The van der Waals surface area contributed by atoms with Crippen LogP contribution >= 0.6 is 0 Å². The summed E-state index contributed by atoms with van der Waals surface area (Å²) < 4.78 is 31.1. The Bertz CT molecular complexity index is 400. The molecule has 0 amide bonds. The zero-order chi connectivity index (χ0) is 13.7. The molecule has 0 heterocycles. The van der Waals surface area contributed by atoms with E-state index in [0.29, 0.717) is 6.42 Å². The van der Waals surface area contributed by atoms with Gasteiger partial charge in [0.2, 0.25) is 0 Å². The van der Waals surface area contributed by atoms with Gasteiger partial charge in [0.25, 0.3) is 0 Å². The van der Waals surface area contributed by atoms with Gasteiger partial charge in [0, 0.05) is 6.07 Å². The lowest BCUT2D eigenvalue weighted by molar-refractivity contribution is -0.155. The molecule has 1 N–H and O–H groups in total. The fraction of sp³-hybridized carbons (Fsp3) is 0.462. The largest absolute Gasteiger partial charge is 0.479 e.